The summed E-state index contributed by atoms with van der Waals surface area (Å²) in [4.78, 5) is 0. The van der Waals surface area contributed by atoms with E-state index < -0.39 is 8.07 Å². The van der Waals surface area contributed by atoms with Crippen LogP contribution in [-0.2, 0) is 17.4 Å². The molecule has 0 amide bonds. The Balaban J connectivity index is -0.000000810. The summed E-state index contributed by atoms with van der Waals surface area (Å²) in [6.45, 7) is 4.39. The van der Waals surface area contributed by atoms with Gasteiger partial charge in [-0.1, -0.05) is 60.7 Å². The molecule has 0 aliphatic heterocycles. The Labute approximate surface area is 158 Å². The van der Waals surface area contributed by atoms with Gasteiger partial charge in [0.15, 0.2) is 0 Å². The summed E-state index contributed by atoms with van der Waals surface area (Å²) in [6.07, 6.45) is 0. The van der Waals surface area contributed by atoms with E-state index in [-0.39, 0.29) is 54.6 Å². The van der Waals surface area contributed by atoms with E-state index in [0.29, 0.717) is 6.04 Å². The number of benzene rings is 2. The Morgan fingerprint density at radius 1 is 0.714 bits per heavy atom. The Bertz CT molecular complexity index is 417. The van der Waals surface area contributed by atoms with Crippen molar-refractivity contribution in [2.45, 2.75) is 19.9 Å². The minimum atomic E-state index is -0.440. The molecule has 0 atom stereocenters. The maximum Gasteiger partial charge on any atom is 3.00 e. The van der Waals surface area contributed by atoms with Crippen molar-refractivity contribution in [2.75, 3.05) is 0 Å². The fourth-order valence-corrected chi connectivity index (χ4v) is 3.76. The Morgan fingerprint density at radius 3 is 1.33 bits per heavy atom. The second-order valence-electron chi connectivity index (χ2n) is 4.29. The zero-order valence-corrected chi connectivity index (χ0v) is 16.3. The van der Waals surface area contributed by atoms with Crippen LogP contribution in [0.3, 0.4) is 0 Å². The summed E-state index contributed by atoms with van der Waals surface area (Å²) in [5.41, 5.74) is 0. The molecule has 0 spiro atoms. The van der Waals surface area contributed by atoms with Gasteiger partial charge in [-0.25, -0.2) is 0 Å². The minimum Gasteiger partial charge on any atom is -1.00 e. The molecule has 0 aliphatic rings. The van der Waals surface area contributed by atoms with Crippen LogP contribution in [0.1, 0.15) is 13.8 Å². The first-order valence-corrected chi connectivity index (χ1v) is 7.28. The van der Waals surface area contributed by atoms with Crippen molar-refractivity contribution in [3.8, 4) is 0 Å². The van der Waals surface area contributed by atoms with E-state index in [1.807, 2.05) is 0 Å². The SMILES string of the molecule is CC(C)NP(c1ccccc1)c1ccccc1.[Cl-].[Cl-].[Cl-].[Cr+3]. The summed E-state index contributed by atoms with van der Waals surface area (Å²) in [7, 11) is -0.440. The number of rotatable bonds is 4. The van der Waals surface area contributed by atoms with Gasteiger partial charge in [0.25, 0.3) is 0 Å². The van der Waals surface area contributed by atoms with Crippen LogP contribution in [-0.4, -0.2) is 6.04 Å². The molecule has 1 nitrogen and oxygen atoms in total. The molecule has 115 valence electrons. The Hall–Kier alpha value is 0.232. The second-order valence-corrected chi connectivity index (χ2v) is 6.25. The van der Waals surface area contributed by atoms with Crippen molar-refractivity contribution in [2.24, 2.45) is 0 Å². The number of nitrogens with one attached hydrogen (secondary N) is 1. The normalized spacial score (nSPS) is 8.95. The summed E-state index contributed by atoms with van der Waals surface area (Å²) >= 11 is 0. The van der Waals surface area contributed by atoms with Crippen molar-refractivity contribution in [3.63, 3.8) is 0 Å². The minimum absolute atomic E-state index is 0. The summed E-state index contributed by atoms with van der Waals surface area (Å²) in [6, 6.07) is 21.9. The smallest absolute Gasteiger partial charge is 1.00 e. The van der Waals surface area contributed by atoms with Gasteiger partial charge in [0.1, 0.15) is 0 Å². The monoisotopic (exact) mass is 400 g/mol. The molecule has 0 aliphatic carbocycles. The zero-order valence-electron chi connectivity index (χ0n) is 11.8. The molecule has 1 radical (unpaired) electrons. The van der Waals surface area contributed by atoms with Crippen molar-refractivity contribution < 1.29 is 54.6 Å². The fraction of sp³-hybridized carbons (Fsp3) is 0.200. The van der Waals surface area contributed by atoms with Gasteiger partial charge in [0.05, 0.1) is 0 Å². The predicted octanol–water partition coefficient (Wildman–Crippen LogP) is -5.96. The first-order chi connectivity index (χ1) is 8.27. The van der Waals surface area contributed by atoms with E-state index in [0.717, 1.165) is 0 Å². The van der Waals surface area contributed by atoms with Crippen molar-refractivity contribution in [1.82, 2.24) is 5.09 Å². The van der Waals surface area contributed by atoms with Crippen LogP contribution in [0, 0.1) is 0 Å². The summed E-state index contributed by atoms with van der Waals surface area (Å²) in [5, 5.41) is 6.43. The largest absolute Gasteiger partial charge is 3.00 e. The molecule has 0 aromatic heterocycles. The van der Waals surface area contributed by atoms with Gasteiger partial charge in [0, 0.05) is 14.1 Å². The molecule has 0 unspecified atom stereocenters. The van der Waals surface area contributed by atoms with E-state index >= 15 is 0 Å². The first-order valence-electron chi connectivity index (χ1n) is 5.94. The number of hydrogen-bond acceptors (Lipinski definition) is 1. The molecule has 2 aromatic carbocycles. The third kappa shape index (κ3) is 8.44. The van der Waals surface area contributed by atoms with E-state index in [2.05, 4.69) is 79.6 Å². The van der Waals surface area contributed by atoms with Crippen LogP contribution in [0.2, 0.25) is 0 Å². The second kappa shape index (κ2) is 13.9. The van der Waals surface area contributed by atoms with Crippen LogP contribution >= 0.6 is 8.07 Å². The van der Waals surface area contributed by atoms with Gasteiger partial charge in [-0.2, -0.15) is 0 Å². The molecule has 0 heterocycles. The molecule has 2 rings (SSSR count). The van der Waals surface area contributed by atoms with E-state index in [1.165, 1.54) is 10.6 Å². The van der Waals surface area contributed by atoms with E-state index in [9.17, 15) is 0 Å². The molecule has 21 heavy (non-hydrogen) atoms. The van der Waals surface area contributed by atoms with Gasteiger partial charge in [-0.3, -0.25) is 5.09 Å². The van der Waals surface area contributed by atoms with Crippen LogP contribution in [0.4, 0.5) is 0 Å². The Morgan fingerprint density at radius 2 is 1.05 bits per heavy atom. The number of hydrogen-bond donors (Lipinski definition) is 1. The predicted molar refractivity (Wildman–Crippen MR) is 77.3 cm³/mol. The summed E-state index contributed by atoms with van der Waals surface area (Å²) in [5.74, 6) is 0. The maximum atomic E-state index is 3.68. The molecule has 2 aromatic rings. The van der Waals surface area contributed by atoms with Crippen LogP contribution < -0.4 is 52.9 Å². The van der Waals surface area contributed by atoms with E-state index in [4.69, 9.17) is 0 Å². The first kappa shape index (κ1) is 26.1. The average Bonchev–Trinajstić information content (AvgIpc) is 2.38. The summed E-state index contributed by atoms with van der Waals surface area (Å²) < 4.78 is 0. The third-order valence-corrected chi connectivity index (χ3v) is 4.82. The third-order valence-electron chi connectivity index (χ3n) is 2.42. The molecule has 0 saturated heterocycles. The topological polar surface area (TPSA) is 12.0 Å². The van der Waals surface area contributed by atoms with Crippen LogP contribution in [0.15, 0.2) is 60.7 Å². The van der Waals surface area contributed by atoms with Gasteiger partial charge < -0.3 is 37.2 Å². The molecular weight excluding hydrogens is 384 g/mol. The van der Waals surface area contributed by atoms with Gasteiger partial charge in [-0.05, 0) is 24.5 Å². The standard InChI is InChI=1S/C15H18NP.3ClH.Cr/c1-13(2)16-17(14-9-5-3-6-10-14)15-11-7-4-8-12-15;;;;/h3-13,16H,1-2H3;3*1H;/q;;;;+3/p-3. The maximum absolute atomic E-state index is 3.68. The molecule has 1 N–H and O–H groups in total. The zero-order chi connectivity index (χ0) is 12.1. The van der Waals surface area contributed by atoms with Gasteiger partial charge >= 0.3 is 17.4 Å². The van der Waals surface area contributed by atoms with Crippen LogP contribution in [0.5, 0.6) is 0 Å². The van der Waals surface area contributed by atoms with Crippen LogP contribution in [0.25, 0.3) is 0 Å². The average molecular weight is 402 g/mol. The molecule has 0 bridgehead atoms. The van der Waals surface area contributed by atoms with Gasteiger partial charge in [0.2, 0.25) is 0 Å². The molecule has 0 saturated carbocycles. The van der Waals surface area contributed by atoms with Gasteiger partial charge in [-0.15, -0.1) is 0 Å². The fourth-order valence-electron chi connectivity index (χ4n) is 1.71. The Kier molecular flexibility index (Phi) is 17.3. The molecule has 0 fully saturated rings. The quantitative estimate of drug-likeness (QED) is 0.503. The molecular formula is C15H18Cl3CrNP. The van der Waals surface area contributed by atoms with Crippen molar-refractivity contribution in [1.29, 1.82) is 0 Å². The van der Waals surface area contributed by atoms with E-state index in [1.54, 1.807) is 0 Å². The molecule has 6 heteroatoms. The van der Waals surface area contributed by atoms with Crippen molar-refractivity contribution in [3.05, 3.63) is 60.7 Å². The number of halogens is 3. The van der Waals surface area contributed by atoms with Crippen molar-refractivity contribution >= 4 is 18.7 Å².